The van der Waals surface area contributed by atoms with Crippen molar-refractivity contribution in [3.63, 3.8) is 0 Å². The molecule has 1 atom stereocenters. The van der Waals surface area contributed by atoms with Crippen LogP contribution in [0.3, 0.4) is 0 Å². The zero-order chi connectivity index (χ0) is 19.2. The Morgan fingerprint density at radius 1 is 1.15 bits per heavy atom. The van der Waals surface area contributed by atoms with Crippen molar-refractivity contribution in [2.75, 3.05) is 10.6 Å². The van der Waals surface area contributed by atoms with E-state index in [9.17, 15) is 22.8 Å². The van der Waals surface area contributed by atoms with Gasteiger partial charge in [0.2, 0.25) is 17.8 Å². The molecule has 9 heteroatoms. The highest BCUT2D eigenvalue weighted by Gasteiger charge is 2.33. The Kier molecular flexibility index (Phi) is 3.87. The minimum Gasteiger partial charge on any atom is -0.324 e. The smallest absolute Gasteiger partial charge is 0.324 e. The van der Waals surface area contributed by atoms with Crippen LogP contribution in [-0.2, 0) is 15.8 Å². The third-order valence-corrected chi connectivity index (χ3v) is 4.32. The first kappa shape index (κ1) is 17.1. The minimum absolute atomic E-state index is 0.0974. The number of alkyl halides is 3. The highest BCUT2D eigenvalue weighted by Crippen LogP contribution is 2.32. The van der Waals surface area contributed by atoms with Crippen molar-refractivity contribution in [3.8, 4) is 0 Å². The van der Waals surface area contributed by atoms with Crippen molar-refractivity contribution in [1.29, 1.82) is 0 Å². The van der Waals surface area contributed by atoms with Gasteiger partial charge in [0, 0.05) is 5.69 Å². The van der Waals surface area contributed by atoms with E-state index in [1.54, 1.807) is 28.8 Å². The maximum atomic E-state index is 12.7. The maximum Gasteiger partial charge on any atom is 0.416 e. The van der Waals surface area contributed by atoms with Crippen LogP contribution in [0.1, 0.15) is 18.0 Å². The molecule has 0 aliphatic carbocycles. The molecule has 0 spiro atoms. The van der Waals surface area contributed by atoms with E-state index in [0.29, 0.717) is 11.0 Å². The van der Waals surface area contributed by atoms with Gasteiger partial charge in [-0.3, -0.25) is 19.5 Å². The molecule has 27 heavy (non-hydrogen) atoms. The third kappa shape index (κ3) is 3.12. The molecule has 2 amide bonds. The summed E-state index contributed by atoms with van der Waals surface area (Å²) in [4.78, 5) is 29.0. The fourth-order valence-corrected chi connectivity index (χ4v) is 3.07. The summed E-state index contributed by atoms with van der Waals surface area (Å²) in [6, 6.07) is 10.4. The standard InChI is InChI=1S/C18H13F3N4O2/c19-18(20,21)10-5-7-11(8-6-10)22-16(27)14-9-15(26)24-17-23-12-3-1-2-4-13(12)25(14)17/h1-8,14H,9H2,(H,22,27)(H,23,24,26)/t14-/m1/s1. The Balaban J connectivity index is 1.64. The molecule has 3 aromatic rings. The van der Waals surface area contributed by atoms with E-state index in [2.05, 4.69) is 15.6 Å². The summed E-state index contributed by atoms with van der Waals surface area (Å²) in [6.45, 7) is 0. The zero-order valence-corrected chi connectivity index (χ0v) is 13.7. The van der Waals surface area contributed by atoms with E-state index in [1.165, 1.54) is 12.1 Å². The molecule has 0 saturated heterocycles. The summed E-state index contributed by atoms with van der Waals surface area (Å²) >= 11 is 0. The van der Waals surface area contributed by atoms with Crippen LogP contribution in [-0.4, -0.2) is 21.4 Å². The van der Waals surface area contributed by atoms with Crippen LogP contribution in [0.5, 0.6) is 0 Å². The second kappa shape index (κ2) is 6.11. The number of halogens is 3. The van der Waals surface area contributed by atoms with Gasteiger partial charge >= 0.3 is 6.18 Å². The van der Waals surface area contributed by atoms with Gasteiger partial charge in [0.25, 0.3) is 0 Å². The molecule has 0 saturated carbocycles. The van der Waals surface area contributed by atoms with Gasteiger partial charge in [-0.2, -0.15) is 13.2 Å². The lowest BCUT2D eigenvalue weighted by Crippen LogP contribution is -2.35. The zero-order valence-electron chi connectivity index (χ0n) is 13.7. The number of aromatic nitrogens is 2. The van der Waals surface area contributed by atoms with Gasteiger partial charge in [0.15, 0.2) is 0 Å². The van der Waals surface area contributed by atoms with Gasteiger partial charge < -0.3 is 5.32 Å². The van der Waals surface area contributed by atoms with Crippen LogP contribution in [0.25, 0.3) is 11.0 Å². The summed E-state index contributed by atoms with van der Waals surface area (Å²) in [5.41, 5.74) is 0.715. The quantitative estimate of drug-likeness (QED) is 0.720. The van der Waals surface area contributed by atoms with Crippen LogP contribution in [0.15, 0.2) is 48.5 Å². The lowest BCUT2D eigenvalue weighted by Gasteiger charge is -2.25. The van der Waals surface area contributed by atoms with Crippen molar-refractivity contribution in [2.45, 2.75) is 18.6 Å². The number of anilines is 2. The molecule has 0 fully saturated rings. The van der Waals surface area contributed by atoms with Crippen molar-refractivity contribution in [2.24, 2.45) is 0 Å². The SMILES string of the molecule is O=C1C[C@H](C(=O)Nc2ccc(C(F)(F)F)cc2)n2c(nc3ccccc32)N1. The number of para-hydroxylation sites is 2. The Labute approximate surface area is 151 Å². The van der Waals surface area contributed by atoms with Crippen molar-refractivity contribution >= 4 is 34.5 Å². The molecule has 0 unspecified atom stereocenters. The third-order valence-electron chi connectivity index (χ3n) is 4.32. The predicted molar refractivity (Wildman–Crippen MR) is 92.1 cm³/mol. The molecule has 0 radical (unpaired) electrons. The van der Waals surface area contributed by atoms with E-state index in [1.807, 2.05) is 0 Å². The Hall–Kier alpha value is -3.36. The second-order valence-corrected chi connectivity index (χ2v) is 6.13. The minimum atomic E-state index is -4.45. The first-order valence-electron chi connectivity index (χ1n) is 8.08. The molecule has 1 aliphatic heterocycles. The summed E-state index contributed by atoms with van der Waals surface area (Å²) < 4.78 is 39.6. The van der Waals surface area contributed by atoms with E-state index in [-0.39, 0.29) is 24.0 Å². The average Bonchev–Trinajstić information content (AvgIpc) is 2.98. The van der Waals surface area contributed by atoms with Crippen molar-refractivity contribution in [1.82, 2.24) is 9.55 Å². The van der Waals surface area contributed by atoms with Gasteiger partial charge in [-0.05, 0) is 36.4 Å². The van der Waals surface area contributed by atoms with Gasteiger partial charge in [-0.1, -0.05) is 12.1 Å². The highest BCUT2D eigenvalue weighted by molar-refractivity contribution is 6.02. The first-order chi connectivity index (χ1) is 12.8. The van der Waals surface area contributed by atoms with Gasteiger partial charge in [-0.15, -0.1) is 0 Å². The lowest BCUT2D eigenvalue weighted by atomic mass is 10.1. The van der Waals surface area contributed by atoms with Crippen LogP contribution in [0.2, 0.25) is 0 Å². The number of hydrogen-bond acceptors (Lipinski definition) is 3. The summed E-state index contributed by atoms with van der Waals surface area (Å²) in [7, 11) is 0. The molecule has 2 aromatic carbocycles. The number of imidazole rings is 1. The number of carbonyl (C=O) groups is 2. The largest absolute Gasteiger partial charge is 0.416 e. The number of fused-ring (bicyclic) bond motifs is 3. The second-order valence-electron chi connectivity index (χ2n) is 6.13. The number of nitrogens with zero attached hydrogens (tertiary/aromatic N) is 2. The summed E-state index contributed by atoms with van der Waals surface area (Å²) in [6.07, 6.45) is -4.55. The molecule has 0 bridgehead atoms. The van der Waals surface area contributed by atoms with Crippen LogP contribution >= 0.6 is 0 Å². The summed E-state index contributed by atoms with van der Waals surface area (Å²) in [5, 5.41) is 5.20. The number of rotatable bonds is 2. The molecule has 6 nitrogen and oxygen atoms in total. The van der Waals surface area contributed by atoms with E-state index in [4.69, 9.17) is 0 Å². The average molecular weight is 374 g/mol. The normalized spacial score (nSPS) is 16.7. The monoisotopic (exact) mass is 374 g/mol. The lowest BCUT2D eigenvalue weighted by molar-refractivity contribution is -0.137. The van der Waals surface area contributed by atoms with E-state index in [0.717, 1.165) is 12.1 Å². The molecule has 2 heterocycles. The van der Waals surface area contributed by atoms with Gasteiger partial charge in [0.1, 0.15) is 6.04 Å². The molecule has 1 aromatic heterocycles. The molecular weight excluding hydrogens is 361 g/mol. The van der Waals surface area contributed by atoms with Crippen molar-refractivity contribution in [3.05, 3.63) is 54.1 Å². The fourth-order valence-electron chi connectivity index (χ4n) is 3.07. The molecule has 2 N–H and O–H groups in total. The van der Waals surface area contributed by atoms with Crippen molar-refractivity contribution < 1.29 is 22.8 Å². The first-order valence-corrected chi connectivity index (χ1v) is 8.08. The number of amides is 2. The predicted octanol–water partition coefficient (Wildman–Crippen LogP) is 3.58. The molecule has 4 rings (SSSR count). The number of carbonyl (C=O) groups excluding carboxylic acids is 2. The van der Waals surface area contributed by atoms with E-state index < -0.39 is 23.7 Å². The van der Waals surface area contributed by atoms with Crippen LogP contribution in [0.4, 0.5) is 24.8 Å². The molecule has 138 valence electrons. The summed E-state index contributed by atoms with van der Waals surface area (Å²) in [5.74, 6) is -0.598. The van der Waals surface area contributed by atoms with Crippen LogP contribution in [0, 0.1) is 0 Å². The Morgan fingerprint density at radius 3 is 2.56 bits per heavy atom. The Bertz CT molecular complexity index is 1040. The topological polar surface area (TPSA) is 76.0 Å². The molecular formula is C18H13F3N4O2. The highest BCUT2D eigenvalue weighted by atomic mass is 19.4. The number of nitrogens with one attached hydrogen (secondary N) is 2. The van der Waals surface area contributed by atoms with E-state index >= 15 is 0 Å². The van der Waals surface area contributed by atoms with Gasteiger partial charge in [-0.25, -0.2) is 4.98 Å². The Morgan fingerprint density at radius 2 is 1.85 bits per heavy atom. The molecule has 1 aliphatic rings. The van der Waals surface area contributed by atoms with Crippen LogP contribution < -0.4 is 10.6 Å². The number of benzene rings is 2. The fraction of sp³-hybridized carbons (Fsp3) is 0.167. The maximum absolute atomic E-state index is 12.7. The number of hydrogen-bond donors (Lipinski definition) is 2. The van der Waals surface area contributed by atoms with Gasteiger partial charge in [0.05, 0.1) is 23.0 Å².